The molecule has 0 spiro atoms. The minimum absolute atomic E-state index is 0.0928. The van der Waals surface area contributed by atoms with Crippen LogP contribution in [0.2, 0.25) is 0 Å². The number of para-hydroxylation sites is 8. The molecule has 0 saturated heterocycles. The number of hydrogen-bond donors (Lipinski definition) is 0. The summed E-state index contributed by atoms with van der Waals surface area (Å²) < 4.78 is 31.1. The highest BCUT2D eigenvalue weighted by Gasteiger charge is 2.41. The van der Waals surface area contributed by atoms with Gasteiger partial charge in [-0.1, -0.05) is 133 Å². The van der Waals surface area contributed by atoms with Gasteiger partial charge >= 0.3 is 0 Å². The maximum absolute atomic E-state index is 6.31. The Bertz CT molecular complexity index is 7820. The molecule has 20 nitrogen and oxygen atoms in total. The number of pyridine rings is 5. The molecule has 0 bridgehead atoms. The lowest BCUT2D eigenvalue weighted by Gasteiger charge is -2.33. The first-order valence-electron chi connectivity index (χ1n) is 45.2. The van der Waals surface area contributed by atoms with E-state index in [1.165, 1.54) is 73.3 Å². The first-order chi connectivity index (χ1) is 63.8. The zero-order valence-corrected chi connectivity index (χ0v) is 76.2. The molecule has 0 fully saturated rings. The van der Waals surface area contributed by atoms with Gasteiger partial charge in [-0.05, 0) is 246 Å². The van der Waals surface area contributed by atoms with E-state index in [1.54, 1.807) is 31.0 Å². The number of aromatic nitrogens is 5. The zero-order chi connectivity index (χ0) is 89.9. The summed E-state index contributed by atoms with van der Waals surface area (Å²) in [6.45, 7) is 30.8. The second kappa shape index (κ2) is 33.2. The van der Waals surface area contributed by atoms with Crippen LogP contribution < -0.4 is 44.1 Å². The first-order valence-corrected chi connectivity index (χ1v) is 45.2. The number of aryl methyl sites for hydroxylation is 5. The van der Waals surface area contributed by atoms with Gasteiger partial charge in [0.25, 0.3) is 0 Å². The van der Waals surface area contributed by atoms with Crippen molar-refractivity contribution in [3.63, 3.8) is 0 Å². The predicted molar refractivity (Wildman–Crippen MR) is 538 cm³/mol. The van der Waals surface area contributed by atoms with E-state index in [4.69, 9.17) is 22.1 Å². The van der Waals surface area contributed by atoms with Gasteiger partial charge in [-0.25, -0.2) is 24.9 Å². The third kappa shape index (κ3) is 13.8. The molecule has 652 valence electrons. The van der Waals surface area contributed by atoms with Gasteiger partial charge in [-0.2, -0.15) is 0 Å². The fourth-order valence-corrected chi connectivity index (χ4v) is 20.4. The zero-order valence-electron chi connectivity index (χ0n) is 76.2. The minimum atomic E-state index is 0.0928. The molecule has 5 aliphatic rings. The summed E-state index contributed by atoms with van der Waals surface area (Å²) in [6, 6.07) is 89.3. The van der Waals surface area contributed by atoms with E-state index >= 15 is 0 Å². The lowest BCUT2D eigenvalue weighted by atomic mass is 10.1. The summed E-state index contributed by atoms with van der Waals surface area (Å²) in [5, 5.41) is 10.9. The SMILES string of the molecule is Cc1ccc2c(oc3ncccc32)c1N1C=CN(C(C)C)C1C.Cc1ccc2c(oc3ncccc32)c1N1C=CN(c2ccccc2)C1C.Cc1ccc2c(oc3ncccc32)c1N1c2ccccc2N(C(C)C)C1C.Cc1ccc2c(oc3ncccc32)c1N1c2ccccc2N(C)C1C.Cc1ccc2c(oc3ncccc32)c1N1c2ccccc2N(c2ccccc2)C1C. The van der Waals surface area contributed by atoms with Crippen molar-refractivity contribution < 1.29 is 22.1 Å². The van der Waals surface area contributed by atoms with Crippen LogP contribution in [0.1, 0.15) is 90.1 Å². The Morgan fingerprint density at radius 2 is 0.542 bits per heavy atom. The molecular formula is C111H103N15O5. The van der Waals surface area contributed by atoms with E-state index in [0.717, 1.165) is 110 Å². The van der Waals surface area contributed by atoms with Gasteiger partial charge in [0.2, 0.25) is 28.6 Å². The van der Waals surface area contributed by atoms with Crippen LogP contribution in [0, 0.1) is 34.6 Å². The molecule has 0 aliphatic carbocycles. The molecule has 20 heteroatoms. The highest BCUT2D eigenvalue weighted by Crippen LogP contribution is 2.54. The topological polar surface area (TPSA) is 163 Å². The second-order valence-corrected chi connectivity index (χ2v) is 35.1. The molecule has 5 atom stereocenters. The summed E-state index contributed by atoms with van der Waals surface area (Å²) >= 11 is 0. The van der Waals surface area contributed by atoms with Crippen molar-refractivity contribution in [2.75, 3.05) is 51.1 Å². The molecule has 0 radical (unpaired) electrons. The normalized spacial score (nSPS) is 16.8. The maximum Gasteiger partial charge on any atom is 0.227 e. The molecule has 15 heterocycles. The Labute approximate surface area is 761 Å². The highest BCUT2D eigenvalue weighted by molar-refractivity contribution is 6.14. The molecule has 10 aromatic carbocycles. The summed E-state index contributed by atoms with van der Waals surface area (Å²) in [5.74, 6) is 0. The lowest BCUT2D eigenvalue weighted by Crippen LogP contribution is -2.42. The molecule has 0 saturated carbocycles. The van der Waals surface area contributed by atoms with Crippen molar-refractivity contribution in [2.45, 2.75) is 140 Å². The van der Waals surface area contributed by atoms with E-state index < -0.39 is 0 Å². The maximum atomic E-state index is 6.31. The second-order valence-electron chi connectivity index (χ2n) is 35.1. The molecule has 10 aromatic heterocycles. The number of nitrogens with zero attached hydrogens (tertiary/aromatic N) is 15. The first kappa shape index (κ1) is 82.4. The van der Waals surface area contributed by atoms with Crippen LogP contribution in [-0.4, -0.2) is 79.8 Å². The average Bonchev–Trinajstić information content (AvgIpc) is 1.58. The van der Waals surface area contributed by atoms with E-state index in [-0.39, 0.29) is 30.8 Å². The van der Waals surface area contributed by atoms with Gasteiger partial charge in [0, 0.05) is 140 Å². The highest BCUT2D eigenvalue weighted by atomic mass is 16.4. The fourth-order valence-electron chi connectivity index (χ4n) is 20.4. The van der Waals surface area contributed by atoms with E-state index in [1.807, 2.05) is 36.4 Å². The van der Waals surface area contributed by atoms with Gasteiger partial charge in [0.15, 0.2) is 27.9 Å². The summed E-state index contributed by atoms with van der Waals surface area (Å²) in [7, 11) is 2.14. The number of benzene rings is 10. The summed E-state index contributed by atoms with van der Waals surface area (Å²) in [4.78, 5) is 45.5. The van der Waals surface area contributed by atoms with Gasteiger partial charge in [-0.3, -0.25) is 0 Å². The van der Waals surface area contributed by atoms with Gasteiger partial charge < -0.3 is 71.1 Å². The van der Waals surface area contributed by atoms with Crippen LogP contribution >= 0.6 is 0 Å². The summed E-state index contributed by atoms with van der Waals surface area (Å²) in [6.07, 6.45) is 18.4. The molecule has 20 aromatic rings. The predicted octanol–water partition coefficient (Wildman–Crippen LogP) is 28.2. The van der Waals surface area contributed by atoms with Crippen molar-refractivity contribution in [3.8, 4) is 0 Å². The van der Waals surface area contributed by atoms with Crippen LogP contribution in [0.25, 0.3) is 110 Å². The van der Waals surface area contributed by atoms with Gasteiger partial charge in [-0.15, -0.1) is 0 Å². The van der Waals surface area contributed by atoms with Crippen molar-refractivity contribution >= 4 is 184 Å². The van der Waals surface area contributed by atoms with Crippen molar-refractivity contribution in [2.24, 2.45) is 0 Å². The van der Waals surface area contributed by atoms with E-state index in [9.17, 15) is 0 Å². The molecular weight excluding hydrogens is 1620 g/mol. The van der Waals surface area contributed by atoms with E-state index in [2.05, 4.69) is 421 Å². The lowest BCUT2D eigenvalue weighted by molar-refractivity contribution is 0.263. The Hall–Kier alpha value is -15.6. The third-order valence-electron chi connectivity index (χ3n) is 26.7. The number of anilines is 13. The van der Waals surface area contributed by atoms with Crippen molar-refractivity contribution in [3.05, 3.63) is 338 Å². The van der Waals surface area contributed by atoms with Crippen molar-refractivity contribution in [1.29, 1.82) is 0 Å². The number of fused-ring (bicyclic) bond motifs is 18. The van der Waals surface area contributed by atoms with E-state index in [0.29, 0.717) is 40.7 Å². The number of hydrogen-bond acceptors (Lipinski definition) is 20. The Morgan fingerprint density at radius 1 is 0.244 bits per heavy atom. The monoisotopic (exact) mass is 1730 g/mol. The Kier molecular flexibility index (Phi) is 20.9. The fraction of sp³-hybridized carbons (Fsp3) is 0.198. The number of rotatable bonds is 9. The van der Waals surface area contributed by atoms with Crippen LogP contribution in [0.4, 0.5) is 73.9 Å². The molecule has 131 heavy (non-hydrogen) atoms. The Balaban J connectivity index is 0.0000000992. The van der Waals surface area contributed by atoms with Crippen LogP contribution in [0.3, 0.4) is 0 Å². The summed E-state index contributed by atoms with van der Waals surface area (Å²) in [5.41, 5.74) is 29.2. The minimum Gasteiger partial charge on any atom is -0.435 e. The largest absolute Gasteiger partial charge is 0.435 e. The molecule has 25 rings (SSSR count). The number of furan rings is 5. The molecule has 5 unspecified atom stereocenters. The van der Waals surface area contributed by atoms with Gasteiger partial charge in [0.1, 0.15) is 30.8 Å². The Morgan fingerprint density at radius 3 is 0.924 bits per heavy atom. The quantitative estimate of drug-likeness (QED) is 0.134. The van der Waals surface area contributed by atoms with Crippen LogP contribution in [0.5, 0.6) is 0 Å². The third-order valence-corrected chi connectivity index (χ3v) is 26.7. The van der Waals surface area contributed by atoms with Gasteiger partial charge in [0.05, 0.1) is 62.6 Å². The molecule has 0 N–H and O–H groups in total. The van der Waals surface area contributed by atoms with Crippen LogP contribution in [0.15, 0.2) is 333 Å². The smallest absolute Gasteiger partial charge is 0.227 e. The standard InChI is InChI=1S/C26H21N3O.C23H23N3O.C22H19N3O.C21H19N3O.C19H21N3O/c1-17-14-15-20-21-11-8-16-27-26(21)30-25(20)24(17)29-18(2)28(19-9-4-3-5-10-19)22-12-6-7-13-23(22)29;1-14(2)25-16(4)26(20-10-6-5-9-19(20)25)21-15(3)11-12-17-18-8-7-13-24-23(18)27-22(17)21;1-15-10-11-18-19-9-6-12-23-22(19)26-21(18)20(15)25-14-13-24(16(25)2)17-7-4-3-5-8-17;1-13-10-11-15-16-7-6-12-22-21(16)25-20(15)19(13)24-14(2)23(3)17-8-4-5-9-18(17)24;1-12(2)21-10-11-22(14(21)4)17-13(3)7-8-15-16-6-5-9-20-19(16)23-18(15)17/h3-16,18H,1-2H3;5-14,16H,1-4H3;3-14,16H,1-2H3;4-12,14H,1-3H3;5-12,14H,1-4H3. The van der Waals surface area contributed by atoms with Crippen LogP contribution in [-0.2, 0) is 0 Å². The average molecular weight is 1730 g/mol. The molecule has 5 aliphatic heterocycles. The molecule has 0 amide bonds. The van der Waals surface area contributed by atoms with Crippen molar-refractivity contribution in [1.82, 2.24) is 29.8 Å².